The van der Waals surface area contributed by atoms with Crippen molar-refractivity contribution in [2.24, 2.45) is 0 Å². The van der Waals surface area contributed by atoms with Crippen molar-refractivity contribution in [3.8, 4) is 0 Å². The Kier molecular flexibility index (Phi) is 4.29. The molecule has 3 aliphatic heterocycles. The Morgan fingerprint density at radius 2 is 1.77 bits per heavy atom. The van der Waals surface area contributed by atoms with Crippen LogP contribution in [-0.2, 0) is 10.8 Å². The van der Waals surface area contributed by atoms with E-state index in [-0.39, 0.29) is 16.4 Å². The lowest BCUT2D eigenvalue weighted by atomic mass is 10.0. The van der Waals surface area contributed by atoms with E-state index in [1.807, 2.05) is 17.5 Å². The molecule has 2 aromatic heterocycles. The van der Waals surface area contributed by atoms with Gasteiger partial charge in [-0.1, -0.05) is 30.5 Å². The third kappa shape index (κ3) is 2.49. The van der Waals surface area contributed by atoms with E-state index in [0.29, 0.717) is 41.0 Å². The smallest absolute Gasteiger partial charge is 0.264 e. The van der Waals surface area contributed by atoms with Crippen molar-refractivity contribution in [3.05, 3.63) is 75.7 Å². The normalized spacial score (nSPS) is 21.7. The van der Waals surface area contributed by atoms with E-state index in [0.717, 1.165) is 5.30 Å². The molecule has 5 nitrogen and oxygen atoms in total. The number of nitrogens with zero attached hydrogens (tertiary/aromatic N) is 2. The van der Waals surface area contributed by atoms with Crippen LogP contribution in [-0.4, -0.2) is 30.2 Å². The zero-order valence-electron chi connectivity index (χ0n) is 15.4. The number of benzene rings is 1. The number of aromatic nitrogens is 1. The zero-order chi connectivity index (χ0) is 21.4. The summed E-state index contributed by atoms with van der Waals surface area (Å²) >= 11 is 12.8. The average Bonchev–Trinajstić information content (AvgIpc) is 3.39. The summed E-state index contributed by atoms with van der Waals surface area (Å²) < 4.78 is 14.1. The van der Waals surface area contributed by atoms with Crippen molar-refractivity contribution >= 4 is 95.6 Å². The minimum absolute atomic E-state index is 0.119. The van der Waals surface area contributed by atoms with Crippen LogP contribution in [0.2, 0.25) is 0 Å². The maximum Gasteiger partial charge on any atom is 0.264 e. The minimum Gasteiger partial charge on any atom is -0.288 e. The Bertz CT molecular complexity index is 1530. The van der Waals surface area contributed by atoms with Gasteiger partial charge in [0.05, 0.1) is 25.2 Å². The van der Waals surface area contributed by atoms with Crippen molar-refractivity contribution < 1.29 is 13.8 Å². The molecule has 3 aromatic rings. The summed E-state index contributed by atoms with van der Waals surface area (Å²) in [5.74, 6) is -0.286. The fourth-order valence-corrected chi connectivity index (χ4v) is 9.98. The van der Waals surface area contributed by atoms with E-state index in [2.05, 4.69) is 4.98 Å². The predicted molar refractivity (Wildman–Crippen MR) is 132 cm³/mol. The van der Waals surface area contributed by atoms with E-state index in [4.69, 9.17) is 24.4 Å². The van der Waals surface area contributed by atoms with Gasteiger partial charge < -0.3 is 0 Å². The van der Waals surface area contributed by atoms with Crippen LogP contribution in [0.4, 0.5) is 5.00 Å². The molecule has 10 heteroatoms. The molecule has 1 amide bonds. The number of thiocarbonyl (C=S) groups is 2. The largest absolute Gasteiger partial charge is 0.288 e. The fourth-order valence-electron chi connectivity index (χ4n) is 4.04. The second kappa shape index (κ2) is 6.85. The number of rotatable bonds is 2. The average molecular weight is 497 g/mol. The summed E-state index contributed by atoms with van der Waals surface area (Å²) in [5, 5.41) is 4.26. The van der Waals surface area contributed by atoms with Gasteiger partial charge in [-0.2, -0.15) is 0 Å². The third-order valence-electron chi connectivity index (χ3n) is 5.32. The molecule has 0 saturated carbocycles. The Hall–Kier alpha value is -2.29. The van der Waals surface area contributed by atoms with Crippen LogP contribution >= 0.6 is 43.7 Å². The van der Waals surface area contributed by atoms with E-state index in [9.17, 15) is 13.8 Å². The van der Waals surface area contributed by atoms with Gasteiger partial charge in [-0.15, -0.1) is 11.3 Å². The molecule has 3 aliphatic rings. The fraction of sp³-hybridized carbons (Fsp3) is 0. The second-order valence-electron chi connectivity index (χ2n) is 6.89. The lowest BCUT2D eigenvalue weighted by Crippen LogP contribution is -2.49. The lowest BCUT2D eigenvalue weighted by Gasteiger charge is -2.26. The standard InChI is InChI=1S/C21H9N2O3PS4/c24-18-11-5-6-12-15-14(11)16(19(28)23(18)13-4-2-8-30-13)31(26)17(15)21(29)27(20(12)25)10-3-1-7-22-9-10/h1-9H. The Morgan fingerprint density at radius 3 is 2.48 bits per heavy atom. The van der Waals surface area contributed by atoms with Crippen LogP contribution in [0.25, 0.3) is 9.81 Å². The number of pyridine rings is 1. The van der Waals surface area contributed by atoms with Crippen molar-refractivity contribution in [1.82, 2.24) is 4.98 Å². The van der Waals surface area contributed by atoms with Gasteiger partial charge in [0.1, 0.15) is 9.99 Å². The van der Waals surface area contributed by atoms with Crippen LogP contribution < -0.4 is 20.6 Å². The van der Waals surface area contributed by atoms with E-state index < -0.39 is 18.7 Å². The highest BCUT2D eigenvalue weighted by atomic mass is 32.2. The quantitative estimate of drug-likeness (QED) is 0.401. The van der Waals surface area contributed by atoms with Crippen LogP contribution in [0.5, 0.6) is 0 Å². The van der Waals surface area contributed by atoms with E-state index in [1.165, 1.54) is 16.2 Å². The third-order valence-corrected chi connectivity index (χ3v) is 11.3. The predicted octanol–water partition coefficient (Wildman–Crippen LogP) is 2.40. The lowest BCUT2D eigenvalue weighted by molar-refractivity contribution is 0.1000. The first kappa shape index (κ1) is 19.4. The highest BCUT2D eigenvalue weighted by molar-refractivity contribution is 8.17. The minimum atomic E-state index is -1.67. The van der Waals surface area contributed by atoms with Gasteiger partial charge in [-0.05, 0) is 35.7 Å². The second-order valence-corrected chi connectivity index (χ2v) is 12.3. The summed E-state index contributed by atoms with van der Waals surface area (Å²) in [6, 6.07) is 10.5. The molecule has 2 atom stereocenters. The maximum atomic E-state index is 13.7. The Balaban J connectivity index is 1.65. The molecule has 0 radical (unpaired) electrons. The number of amides is 1. The highest BCUT2D eigenvalue weighted by Gasteiger charge is 2.45. The van der Waals surface area contributed by atoms with Crippen molar-refractivity contribution in [1.29, 1.82) is 0 Å². The summed E-state index contributed by atoms with van der Waals surface area (Å²) in [7, 11) is -3.23. The molecule has 0 saturated heterocycles. The summed E-state index contributed by atoms with van der Waals surface area (Å²) in [4.78, 5) is 33.4. The summed E-state index contributed by atoms with van der Waals surface area (Å²) in [6.45, 7) is 0. The SMILES string of the molecule is O=C1c2ccc3c4c2=C(C(=S)N1c1cccs1)S(=O)C=4C(=S)P(c1cccnc1)C3=O. The molecule has 0 bridgehead atoms. The first-order valence-corrected chi connectivity index (χ1v) is 13.2. The van der Waals surface area contributed by atoms with Gasteiger partial charge in [0, 0.05) is 47.2 Å². The van der Waals surface area contributed by atoms with Gasteiger partial charge in [0.15, 0.2) is 5.52 Å². The van der Waals surface area contributed by atoms with Crippen molar-refractivity contribution in [2.45, 2.75) is 0 Å². The molecular weight excluding hydrogens is 487 g/mol. The molecule has 0 N–H and O–H groups in total. The molecule has 0 aliphatic carbocycles. The van der Waals surface area contributed by atoms with Gasteiger partial charge in [0.2, 0.25) is 0 Å². The molecule has 0 fully saturated rings. The molecule has 150 valence electrons. The van der Waals surface area contributed by atoms with Gasteiger partial charge >= 0.3 is 0 Å². The molecule has 6 rings (SSSR count). The molecule has 2 unspecified atom stereocenters. The van der Waals surface area contributed by atoms with Gasteiger partial charge in [0.25, 0.3) is 5.91 Å². The van der Waals surface area contributed by atoms with E-state index >= 15 is 0 Å². The zero-order valence-corrected chi connectivity index (χ0v) is 19.6. The van der Waals surface area contributed by atoms with Crippen LogP contribution in [0.3, 0.4) is 0 Å². The summed E-state index contributed by atoms with van der Waals surface area (Å²) in [6.07, 6.45) is 3.26. The van der Waals surface area contributed by atoms with Crippen LogP contribution in [0, 0.1) is 0 Å². The van der Waals surface area contributed by atoms with Crippen molar-refractivity contribution in [3.63, 3.8) is 0 Å². The van der Waals surface area contributed by atoms with Gasteiger partial charge in [-0.25, -0.2) is 4.21 Å². The molecule has 1 aromatic carbocycles. The number of carbonyl (C=O) groups is 2. The first-order valence-electron chi connectivity index (χ1n) is 9.05. The topological polar surface area (TPSA) is 67.3 Å². The molecule has 0 spiro atoms. The number of hydrogen-bond donors (Lipinski definition) is 0. The Labute approximate surface area is 194 Å². The van der Waals surface area contributed by atoms with Crippen molar-refractivity contribution in [2.75, 3.05) is 4.90 Å². The Morgan fingerprint density at radius 1 is 1.00 bits per heavy atom. The van der Waals surface area contributed by atoms with Crippen LogP contribution in [0.1, 0.15) is 20.7 Å². The maximum absolute atomic E-state index is 13.7. The number of carbonyl (C=O) groups excluding carboxylic acids is 2. The molecule has 5 heterocycles. The van der Waals surface area contributed by atoms with Gasteiger partial charge in [-0.3, -0.25) is 19.5 Å². The number of anilines is 1. The first-order chi connectivity index (χ1) is 15.0. The highest BCUT2D eigenvalue weighted by Crippen LogP contribution is 2.47. The van der Waals surface area contributed by atoms with E-state index in [1.54, 1.807) is 36.7 Å². The molecule has 31 heavy (non-hydrogen) atoms. The number of hydrogen-bond acceptors (Lipinski definition) is 7. The monoisotopic (exact) mass is 496 g/mol. The van der Waals surface area contributed by atoms with Crippen LogP contribution in [0.15, 0.2) is 54.2 Å². The molecular formula is C21H9N2O3PS4. The number of thiophene rings is 1. The summed E-state index contributed by atoms with van der Waals surface area (Å²) in [5.41, 5.74) is 0.718.